The zero-order chi connectivity index (χ0) is 15.2. The second kappa shape index (κ2) is 4.67. The lowest BCUT2D eigenvalue weighted by Gasteiger charge is -2.37. The van der Waals surface area contributed by atoms with E-state index < -0.39 is 11.7 Å². The molecule has 4 heteroatoms. The summed E-state index contributed by atoms with van der Waals surface area (Å²) in [6, 6.07) is 10.3. The van der Waals surface area contributed by atoms with Crippen molar-refractivity contribution in [2.24, 2.45) is 0 Å². The largest absolute Gasteiger partial charge is 0.508 e. The van der Waals surface area contributed by atoms with Gasteiger partial charge in [-0.05, 0) is 49.2 Å². The number of aliphatic hydroxyl groups excluding tert-OH is 1. The van der Waals surface area contributed by atoms with Gasteiger partial charge >= 0.3 is 0 Å². The molecule has 0 unspecified atom stereocenters. The van der Waals surface area contributed by atoms with Crippen molar-refractivity contribution in [1.29, 1.82) is 0 Å². The number of rotatable bonds is 1. The lowest BCUT2D eigenvalue weighted by atomic mass is 9.89. The van der Waals surface area contributed by atoms with Crippen LogP contribution in [0.25, 0.3) is 11.1 Å². The molecule has 0 aliphatic carbocycles. The van der Waals surface area contributed by atoms with Crippen molar-refractivity contribution in [2.75, 3.05) is 0 Å². The van der Waals surface area contributed by atoms with Crippen LogP contribution in [0.1, 0.15) is 19.4 Å². The van der Waals surface area contributed by atoms with E-state index in [4.69, 9.17) is 4.74 Å². The van der Waals surface area contributed by atoms with Crippen LogP contribution in [-0.4, -0.2) is 27.0 Å². The summed E-state index contributed by atoms with van der Waals surface area (Å²) in [4.78, 5) is 0. The van der Waals surface area contributed by atoms with Crippen LogP contribution in [0.15, 0.2) is 36.4 Å². The number of ether oxygens (including phenoxy) is 1. The Morgan fingerprint density at radius 3 is 2.38 bits per heavy atom. The van der Waals surface area contributed by atoms with E-state index in [1.54, 1.807) is 30.3 Å². The maximum atomic E-state index is 10.2. The van der Waals surface area contributed by atoms with E-state index in [0.29, 0.717) is 17.7 Å². The quantitative estimate of drug-likeness (QED) is 0.754. The summed E-state index contributed by atoms with van der Waals surface area (Å²) >= 11 is 0. The standard InChI is InChI=1S/C17H18O4/c1-17(2)16(20)9-13-14(19)7-11(8-15(13)21-17)10-3-5-12(18)6-4-10/h3-8,16,18-20H,9H2,1-2H3/t16-/m0/s1. The first-order valence-corrected chi connectivity index (χ1v) is 6.89. The van der Waals surface area contributed by atoms with Gasteiger partial charge in [0, 0.05) is 12.0 Å². The lowest BCUT2D eigenvalue weighted by Crippen LogP contribution is -2.46. The molecule has 0 radical (unpaired) electrons. The fourth-order valence-corrected chi connectivity index (χ4v) is 2.54. The maximum absolute atomic E-state index is 10.2. The van der Waals surface area contributed by atoms with Crippen LogP contribution in [0.5, 0.6) is 17.2 Å². The number of phenols is 2. The minimum Gasteiger partial charge on any atom is -0.508 e. The molecule has 3 rings (SSSR count). The average Bonchev–Trinajstić information content (AvgIpc) is 2.41. The first-order valence-electron chi connectivity index (χ1n) is 6.89. The van der Waals surface area contributed by atoms with Gasteiger partial charge in [0.05, 0.1) is 6.10 Å². The molecule has 1 aliphatic heterocycles. The van der Waals surface area contributed by atoms with Crippen molar-refractivity contribution in [1.82, 2.24) is 0 Å². The Morgan fingerprint density at radius 2 is 1.71 bits per heavy atom. The van der Waals surface area contributed by atoms with E-state index in [-0.39, 0.29) is 11.5 Å². The van der Waals surface area contributed by atoms with Crippen LogP contribution >= 0.6 is 0 Å². The smallest absolute Gasteiger partial charge is 0.129 e. The van der Waals surface area contributed by atoms with Gasteiger partial charge in [0.1, 0.15) is 22.8 Å². The molecular weight excluding hydrogens is 268 g/mol. The molecule has 0 fully saturated rings. The summed E-state index contributed by atoms with van der Waals surface area (Å²) in [5.74, 6) is 0.903. The highest BCUT2D eigenvalue weighted by molar-refractivity contribution is 5.70. The fourth-order valence-electron chi connectivity index (χ4n) is 2.54. The molecule has 0 bridgehead atoms. The highest BCUT2D eigenvalue weighted by Crippen LogP contribution is 2.41. The zero-order valence-electron chi connectivity index (χ0n) is 12.0. The van der Waals surface area contributed by atoms with E-state index in [9.17, 15) is 15.3 Å². The maximum Gasteiger partial charge on any atom is 0.129 e. The Hall–Kier alpha value is -2.20. The fraction of sp³-hybridized carbons (Fsp3) is 0.294. The van der Waals surface area contributed by atoms with Crippen molar-refractivity contribution in [3.8, 4) is 28.4 Å². The van der Waals surface area contributed by atoms with Crippen LogP contribution < -0.4 is 4.74 Å². The molecule has 1 aliphatic rings. The van der Waals surface area contributed by atoms with Gasteiger partial charge in [-0.15, -0.1) is 0 Å². The topological polar surface area (TPSA) is 69.9 Å². The van der Waals surface area contributed by atoms with Gasteiger partial charge in [-0.3, -0.25) is 0 Å². The summed E-state index contributed by atoms with van der Waals surface area (Å²) in [5, 5.41) is 29.6. The van der Waals surface area contributed by atoms with Gasteiger partial charge in [0.2, 0.25) is 0 Å². The zero-order valence-corrected chi connectivity index (χ0v) is 12.0. The van der Waals surface area contributed by atoms with E-state index in [0.717, 1.165) is 11.1 Å². The van der Waals surface area contributed by atoms with Crippen LogP contribution in [0, 0.1) is 0 Å². The molecule has 0 amide bonds. The molecule has 4 nitrogen and oxygen atoms in total. The molecule has 2 aromatic rings. The Balaban J connectivity index is 2.07. The lowest BCUT2D eigenvalue weighted by molar-refractivity contribution is -0.0416. The number of aliphatic hydroxyl groups is 1. The van der Waals surface area contributed by atoms with Crippen LogP contribution in [-0.2, 0) is 6.42 Å². The van der Waals surface area contributed by atoms with Crippen LogP contribution in [0.3, 0.4) is 0 Å². The van der Waals surface area contributed by atoms with Gasteiger partial charge in [0.15, 0.2) is 0 Å². The van der Waals surface area contributed by atoms with Crippen molar-refractivity contribution < 1.29 is 20.1 Å². The first kappa shape index (κ1) is 13.8. The molecule has 0 spiro atoms. The normalized spacial score (nSPS) is 19.7. The average molecular weight is 286 g/mol. The highest BCUT2D eigenvalue weighted by atomic mass is 16.5. The number of phenolic OH excluding ortho intramolecular Hbond substituents is 2. The Bertz CT molecular complexity index is 674. The molecule has 0 saturated heterocycles. The molecule has 110 valence electrons. The first-order chi connectivity index (χ1) is 9.87. The van der Waals surface area contributed by atoms with Crippen molar-refractivity contribution in [2.45, 2.75) is 32.0 Å². The summed E-state index contributed by atoms with van der Waals surface area (Å²) in [6.07, 6.45) is -0.292. The Labute approximate surface area is 123 Å². The summed E-state index contributed by atoms with van der Waals surface area (Å²) in [5.41, 5.74) is 1.62. The van der Waals surface area contributed by atoms with E-state index in [1.807, 2.05) is 19.9 Å². The number of hydrogen-bond acceptors (Lipinski definition) is 4. The monoisotopic (exact) mass is 286 g/mol. The molecule has 0 aromatic heterocycles. The van der Waals surface area contributed by atoms with Crippen LogP contribution in [0.2, 0.25) is 0 Å². The summed E-state index contributed by atoms with van der Waals surface area (Å²) in [6.45, 7) is 3.65. The van der Waals surface area contributed by atoms with Gasteiger partial charge in [0.25, 0.3) is 0 Å². The predicted octanol–water partition coefficient (Wildman–Crippen LogP) is 2.84. The third-order valence-electron chi connectivity index (χ3n) is 3.96. The third-order valence-corrected chi connectivity index (χ3v) is 3.96. The SMILES string of the molecule is CC1(C)Oc2cc(-c3ccc(O)cc3)cc(O)c2C[C@@H]1O. The second-order valence-electron chi connectivity index (χ2n) is 5.94. The van der Waals surface area contributed by atoms with Gasteiger partial charge in [-0.2, -0.15) is 0 Å². The predicted molar refractivity (Wildman–Crippen MR) is 79.6 cm³/mol. The minimum atomic E-state index is -0.687. The van der Waals surface area contributed by atoms with Crippen molar-refractivity contribution >= 4 is 0 Å². The second-order valence-corrected chi connectivity index (χ2v) is 5.94. The number of benzene rings is 2. The molecule has 1 heterocycles. The minimum absolute atomic E-state index is 0.116. The van der Waals surface area contributed by atoms with Crippen molar-refractivity contribution in [3.05, 3.63) is 42.0 Å². The molecule has 21 heavy (non-hydrogen) atoms. The highest BCUT2D eigenvalue weighted by Gasteiger charge is 2.37. The third kappa shape index (κ3) is 2.43. The molecule has 2 aromatic carbocycles. The summed E-state index contributed by atoms with van der Waals surface area (Å²) in [7, 11) is 0. The van der Waals surface area contributed by atoms with E-state index >= 15 is 0 Å². The van der Waals surface area contributed by atoms with E-state index in [2.05, 4.69) is 0 Å². The van der Waals surface area contributed by atoms with Gasteiger partial charge in [-0.25, -0.2) is 0 Å². The molecule has 1 atom stereocenters. The van der Waals surface area contributed by atoms with Crippen LogP contribution in [0.4, 0.5) is 0 Å². The molecule has 0 saturated carbocycles. The van der Waals surface area contributed by atoms with Crippen molar-refractivity contribution in [3.63, 3.8) is 0 Å². The van der Waals surface area contributed by atoms with Gasteiger partial charge < -0.3 is 20.1 Å². The van der Waals surface area contributed by atoms with E-state index in [1.165, 1.54) is 0 Å². The Kier molecular flexibility index (Phi) is 3.06. The Morgan fingerprint density at radius 1 is 1.05 bits per heavy atom. The summed E-state index contributed by atoms with van der Waals surface area (Å²) < 4.78 is 5.84. The molecule has 3 N–H and O–H groups in total. The number of hydrogen-bond donors (Lipinski definition) is 3. The van der Waals surface area contributed by atoms with Gasteiger partial charge in [-0.1, -0.05) is 12.1 Å². The molecular formula is C17H18O4. The number of aromatic hydroxyl groups is 2. The number of fused-ring (bicyclic) bond motifs is 1.